The number of hydrogen-bond acceptors (Lipinski definition) is 1. The van der Waals surface area contributed by atoms with Crippen molar-refractivity contribution in [3.63, 3.8) is 0 Å². The van der Waals surface area contributed by atoms with Crippen molar-refractivity contribution in [1.82, 2.24) is 0 Å². The maximum absolute atomic E-state index is 11.1. The van der Waals surface area contributed by atoms with E-state index in [2.05, 4.69) is 26.8 Å². The molecule has 0 aromatic heterocycles. The van der Waals surface area contributed by atoms with Crippen molar-refractivity contribution in [1.29, 1.82) is 0 Å². The fraction of sp³-hybridized carbons (Fsp3) is 0.615. The van der Waals surface area contributed by atoms with Crippen molar-refractivity contribution in [2.75, 3.05) is 0 Å². The summed E-state index contributed by atoms with van der Waals surface area (Å²) in [6, 6.07) is 0. The van der Waals surface area contributed by atoms with Gasteiger partial charge in [0.05, 0.1) is 0 Å². The third-order valence-corrected chi connectivity index (χ3v) is 3.86. The highest BCUT2D eigenvalue weighted by atomic mass is 16.4. The van der Waals surface area contributed by atoms with E-state index in [9.17, 15) is 4.79 Å². The van der Waals surface area contributed by atoms with Gasteiger partial charge in [-0.2, -0.15) is 0 Å². The molecule has 0 fully saturated rings. The van der Waals surface area contributed by atoms with E-state index >= 15 is 0 Å². The van der Waals surface area contributed by atoms with E-state index in [-0.39, 0.29) is 5.92 Å². The molecule has 0 radical (unpaired) electrons. The van der Waals surface area contributed by atoms with Crippen LogP contribution in [0.2, 0.25) is 0 Å². The summed E-state index contributed by atoms with van der Waals surface area (Å²) in [5.41, 5.74) is 1.97. The number of hydrogen-bond donors (Lipinski definition) is 1. The Balaban J connectivity index is 2.35. The van der Waals surface area contributed by atoms with Gasteiger partial charge in [0.25, 0.3) is 0 Å². The van der Waals surface area contributed by atoms with Crippen LogP contribution < -0.4 is 0 Å². The van der Waals surface area contributed by atoms with Crippen LogP contribution in [0.4, 0.5) is 0 Å². The number of fused-ring (bicyclic) bond motifs is 1. The number of carboxylic acids is 1. The van der Waals surface area contributed by atoms with Crippen molar-refractivity contribution in [2.24, 2.45) is 23.7 Å². The minimum absolute atomic E-state index is 0.146. The summed E-state index contributed by atoms with van der Waals surface area (Å²) in [6.07, 6.45) is 5.25. The predicted octanol–water partition coefficient (Wildman–Crippen LogP) is 2.87. The van der Waals surface area contributed by atoms with Gasteiger partial charge >= 0.3 is 5.97 Å². The Morgan fingerprint density at radius 3 is 2.60 bits per heavy atom. The second kappa shape index (κ2) is 3.51. The van der Waals surface area contributed by atoms with E-state index in [1.54, 1.807) is 0 Å². The molecule has 0 amide bonds. The van der Waals surface area contributed by atoms with E-state index < -0.39 is 5.97 Å². The van der Waals surface area contributed by atoms with Gasteiger partial charge in [0.15, 0.2) is 0 Å². The molecule has 0 spiro atoms. The van der Waals surface area contributed by atoms with Gasteiger partial charge in [0.2, 0.25) is 0 Å². The van der Waals surface area contributed by atoms with Gasteiger partial charge in [0, 0.05) is 11.5 Å². The average molecular weight is 206 g/mol. The fourth-order valence-corrected chi connectivity index (χ4v) is 2.90. The van der Waals surface area contributed by atoms with Gasteiger partial charge in [-0.05, 0) is 31.1 Å². The molecule has 0 aromatic rings. The van der Waals surface area contributed by atoms with Crippen LogP contribution in [0.1, 0.15) is 27.2 Å². The fourth-order valence-electron chi connectivity index (χ4n) is 2.90. The molecule has 0 aliphatic heterocycles. The van der Waals surface area contributed by atoms with Gasteiger partial charge in [-0.3, -0.25) is 0 Å². The second-order valence-electron chi connectivity index (χ2n) is 5.11. The zero-order chi connectivity index (χ0) is 11.2. The van der Waals surface area contributed by atoms with E-state index in [1.165, 1.54) is 5.57 Å². The molecule has 0 saturated carbocycles. The SMILES string of the molecule is CC1=C[C@@H]2C(C(=O)O)=C[C@H]1C[C@@H]2C(C)C. The van der Waals surface area contributed by atoms with Gasteiger partial charge in [-0.15, -0.1) is 0 Å². The summed E-state index contributed by atoms with van der Waals surface area (Å²) in [4.78, 5) is 11.1. The smallest absolute Gasteiger partial charge is 0.331 e. The molecule has 0 heterocycles. The molecule has 3 rings (SSSR count). The lowest BCUT2D eigenvalue weighted by Gasteiger charge is -2.41. The molecule has 0 unspecified atom stereocenters. The first-order chi connectivity index (χ1) is 7.00. The molecule has 0 saturated heterocycles. The van der Waals surface area contributed by atoms with Crippen LogP contribution in [-0.2, 0) is 4.79 Å². The number of aliphatic carboxylic acids is 1. The lowest BCUT2D eigenvalue weighted by molar-refractivity contribution is -0.133. The number of carbonyl (C=O) groups is 1. The molecule has 15 heavy (non-hydrogen) atoms. The standard InChI is InChI=1S/C13H18O2/c1-7(2)10-5-9-6-12(13(14)15)11(10)4-8(9)3/h4,6-7,9-11H,5H2,1-3H3,(H,14,15)/t9-,10-,11+/m1/s1. The highest BCUT2D eigenvalue weighted by Crippen LogP contribution is 2.46. The van der Waals surface area contributed by atoms with Crippen LogP contribution in [0, 0.1) is 23.7 Å². The minimum Gasteiger partial charge on any atom is -0.478 e. The van der Waals surface area contributed by atoms with E-state index in [0.717, 1.165) is 6.42 Å². The molecule has 3 aliphatic carbocycles. The summed E-state index contributed by atoms with van der Waals surface area (Å²) >= 11 is 0. The highest BCUT2D eigenvalue weighted by Gasteiger charge is 2.39. The predicted molar refractivity (Wildman–Crippen MR) is 59.4 cm³/mol. The first-order valence-electron chi connectivity index (χ1n) is 5.64. The second-order valence-corrected chi connectivity index (χ2v) is 5.11. The highest BCUT2D eigenvalue weighted by molar-refractivity contribution is 5.88. The summed E-state index contributed by atoms with van der Waals surface area (Å²) in [5, 5.41) is 9.15. The summed E-state index contributed by atoms with van der Waals surface area (Å²) in [6.45, 7) is 6.49. The summed E-state index contributed by atoms with van der Waals surface area (Å²) in [5.74, 6) is 0.847. The van der Waals surface area contributed by atoms with Crippen molar-refractivity contribution < 1.29 is 9.90 Å². The minimum atomic E-state index is -0.737. The normalized spacial score (nSPS) is 34.0. The lowest BCUT2D eigenvalue weighted by atomic mass is 9.63. The van der Waals surface area contributed by atoms with Gasteiger partial charge in [-0.1, -0.05) is 31.6 Å². The number of rotatable bonds is 2. The first kappa shape index (κ1) is 10.5. The molecule has 2 bridgehead atoms. The molecule has 82 valence electrons. The Kier molecular flexibility index (Phi) is 2.45. The Morgan fingerprint density at radius 1 is 1.47 bits per heavy atom. The van der Waals surface area contributed by atoms with Crippen LogP contribution in [0.25, 0.3) is 0 Å². The van der Waals surface area contributed by atoms with Gasteiger partial charge in [-0.25, -0.2) is 4.79 Å². The van der Waals surface area contributed by atoms with Crippen LogP contribution in [0.15, 0.2) is 23.3 Å². The third-order valence-electron chi connectivity index (χ3n) is 3.86. The molecular weight excluding hydrogens is 188 g/mol. The Bertz CT molecular complexity index is 350. The van der Waals surface area contributed by atoms with E-state index in [4.69, 9.17) is 5.11 Å². The van der Waals surface area contributed by atoms with Crippen molar-refractivity contribution in [3.8, 4) is 0 Å². The monoisotopic (exact) mass is 206 g/mol. The summed E-state index contributed by atoms with van der Waals surface area (Å²) in [7, 11) is 0. The zero-order valence-electron chi connectivity index (χ0n) is 9.53. The maximum Gasteiger partial charge on any atom is 0.331 e. The first-order valence-corrected chi connectivity index (χ1v) is 5.64. The van der Waals surface area contributed by atoms with Crippen LogP contribution in [-0.4, -0.2) is 11.1 Å². The zero-order valence-corrected chi connectivity index (χ0v) is 9.53. The molecule has 3 aliphatic rings. The van der Waals surface area contributed by atoms with Crippen molar-refractivity contribution in [3.05, 3.63) is 23.3 Å². The largest absolute Gasteiger partial charge is 0.478 e. The van der Waals surface area contributed by atoms with Crippen LogP contribution in [0.3, 0.4) is 0 Å². The molecule has 1 N–H and O–H groups in total. The molecular formula is C13H18O2. The third kappa shape index (κ3) is 1.62. The summed E-state index contributed by atoms with van der Waals surface area (Å²) < 4.78 is 0. The van der Waals surface area contributed by atoms with E-state index in [1.807, 2.05) is 6.08 Å². The lowest BCUT2D eigenvalue weighted by Crippen LogP contribution is -2.34. The van der Waals surface area contributed by atoms with Crippen LogP contribution >= 0.6 is 0 Å². The Hall–Kier alpha value is -1.05. The quantitative estimate of drug-likeness (QED) is 0.705. The Morgan fingerprint density at radius 2 is 2.13 bits per heavy atom. The topological polar surface area (TPSA) is 37.3 Å². The van der Waals surface area contributed by atoms with Gasteiger partial charge in [0.1, 0.15) is 0 Å². The van der Waals surface area contributed by atoms with E-state index in [0.29, 0.717) is 23.3 Å². The molecule has 2 heteroatoms. The Labute approximate surface area is 90.7 Å². The maximum atomic E-state index is 11.1. The van der Waals surface area contributed by atoms with Gasteiger partial charge < -0.3 is 5.11 Å². The number of carboxylic acid groups (broad SMARTS) is 1. The van der Waals surface area contributed by atoms with Crippen molar-refractivity contribution >= 4 is 5.97 Å². The molecule has 3 atom stereocenters. The molecule has 2 nitrogen and oxygen atoms in total. The molecule has 0 aromatic carbocycles. The number of allylic oxidation sites excluding steroid dienone is 3. The average Bonchev–Trinajstić information content (AvgIpc) is 2.17. The van der Waals surface area contributed by atoms with Crippen molar-refractivity contribution in [2.45, 2.75) is 27.2 Å². The van der Waals surface area contributed by atoms with Crippen LogP contribution in [0.5, 0.6) is 0 Å².